The number of carbonyl (C=O) groups is 1. The van der Waals surface area contributed by atoms with E-state index in [9.17, 15) is 4.79 Å². The van der Waals surface area contributed by atoms with Crippen molar-refractivity contribution in [3.63, 3.8) is 0 Å². The zero-order chi connectivity index (χ0) is 13.0. The largest absolute Gasteiger partial charge is 0.345 e. The van der Waals surface area contributed by atoms with Crippen LogP contribution in [0.4, 0.5) is 0 Å². The first-order valence-corrected chi connectivity index (χ1v) is 5.74. The number of imidazole rings is 1. The molecular weight excluding hydrogens is 228 g/mol. The highest BCUT2D eigenvalue weighted by molar-refractivity contribution is 5.94. The maximum absolute atomic E-state index is 11.9. The minimum Gasteiger partial charge on any atom is -0.345 e. The lowest BCUT2D eigenvalue weighted by atomic mass is 10.1. The number of nitrogens with zero attached hydrogens (tertiary/aromatic N) is 2. The van der Waals surface area contributed by atoms with Crippen LogP contribution in [-0.2, 0) is 20.1 Å². The highest BCUT2D eigenvalue weighted by atomic mass is 16.1. The molecule has 94 valence electrons. The van der Waals surface area contributed by atoms with Crippen LogP contribution in [-0.4, -0.2) is 15.5 Å². The minimum absolute atomic E-state index is 0.110. The highest BCUT2D eigenvalue weighted by Gasteiger charge is 2.06. The van der Waals surface area contributed by atoms with Gasteiger partial charge in [0.05, 0.1) is 6.54 Å². The normalized spacial score (nSPS) is 10.3. The molecule has 0 fully saturated rings. The van der Waals surface area contributed by atoms with Gasteiger partial charge in [0.1, 0.15) is 5.82 Å². The van der Waals surface area contributed by atoms with Crippen molar-refractivity contribution in [2.24, 2.45) is 12.8 Å². The van der Waals surface area contributed by atoms with Crippen LogP contribution in [0.1, 0.15) is 21.7 Å². The lowest BCUT2D eigenvalue weighted by Crippen LogP contribution is -2.24. The van der Waals surface area contributed by atoms with Crippen LogP contribution in [0, 0.1) is 0 Å². The fourth-order valence-electron chi connectivity index (χ4n) is 1.62. The average Bonchev–Trinajstić information content (AvgIpc) is 2.81. The molecule has 0 saturated heterocycles. The Hall–Kier alpha value is -2.14. The van der Waals surface area contributed by atoms with E-state index in [-0.39, 0.29) is 5.91 Å². The Morgan fingerprint density at radius 2 is 2.11 bits per heavy atom. The van der Waals surface area contributed by atoms with Crippen molar-refractivity contribution >= 4 is 5.91 Å². The van der Waals surface area contributed by atoms with Gasteiger partial charge in [-0.15, -0.1) is 0 Å². The molecule has 3 N–H and O–H groups in total. The van der Waals surface area contributed by atoms with Crippen LogP contribution in [0.3, 0.4) is 0 Å². The Labute approximate surface area is 106 Å². The number of nitrogens with two attached hydrogens (primary N) is 1. The summed E-state index contributed by atoms with van der Waals surface area (Å²) in [6, 6.07) is 7.26. The van der Waals surface area contributed by atoms with E-state index in [0.29, 0.717) is 18.7 Å². The first kappa shape index (κ1) is 12.3. The zero-order valence-corrected chi connectivity index (χ0v) is 10.3. The summed E-state index contributed by atoms with van der Waals surface area (Å²) in [6.45, 7) is 0.899. The molecule has 0 aliphatic rings. The topological polar surface area (TPSA) is 72.9 Å². The second kappa shape index (κ2) is 5.46. The van der Waals surface area contributed by atoms with Crippen molar-refractivity contribution in [2.45, 2.75) is 13.1 Å². The van der Waals surface area contributed by atoms with Gasteiger partial charge in [0, 0.05) is 31.5 Å². The Morgan fingerprint density at radius 1 is 1.39 bits per heavy atom. The lowest BCUT2D eigenvalue weighted by molar-refractivity contribution is 0.0949. The fourth-order valence-corrected chi connectivity index (χ4v) is 1.62. The van der Waals surface area contributed by atoms with E-state index in [1.165, 1.54) is 0 Å². The van der Waals surface area contributed by atoms with Gasteiger partial charge in [-0.1, -0.05) is 12.1 Å². The SMILES string of the molecule is Cn1ccnc1CNC(=O)c1ccc(CN)cc1. The summed E-state index contributed by atoms with van der Waals surface area (Å²) in [6.07, 6.45) is 3.55. The van der Waals surface area contributed by atoms with Crippen molar-refractivity contribution in [3.8, 4) is 0 Å². The van der Waals surface area contributed by atoms with E-state index < -0.39 is 0 Å². The Kier molecular flexibility index (Phi) is 3.74. The maximum atomic E-state index is 11.9. The first-order chi connectivity index (χ1) is 8.70. The van der Waals surface area contributed by atoms with Crippen molar-refractivity contribution in [1.29, 1.82) is 0 Å². The number of hydrogen-bond donors (Lipinski definition) is 2. The number of rotatable bonds is 4. The molecule has 5 nitrogen and oxygen atoms in total. The Balaban J connectivity index is 1.97. The zero-order valence-electron chi connectivity index (χ0n) is 10.3. The van der Waals surface area contributed by atoms with E-state index in [4.69, 9.17) is 5.73 Å². The van der Waals surface area contributed by atoms with Gasteiger partial charge < -0.3 is 15.6 Å². The summed E-state index contributed by atoms with van der Waals surface area (Å²) < 4.78 is 1.87. The predicted molar refractivity (Wildman–Crippen MR) is 68.7 cm³/mol. The standard InChI is InChI=1S/C13H16N4O/c1-17-7-6-15-12(17)9-16-13(18)11-4-2-10(8-14)3-5-11/h2-7H,8-9,14H2,1H3,(H,16,18). The van der Waals surface area contributed by atoms with Crippen molar-refractivity contribution < 1.29 is 4.79 Å². The van der Waals surface area contributed by atoms with Crippen LogP contribution < -0.4 is 11.1 Å². The summed E-state index contributed by atoms with van der Waals surface area (Å²) in [5, 5.41) is 2.83. The average molecular weight is 244 g/mol. The molecule has 2 aromatic rings. The van der Waals surface area contributed by atoms with Crippen LogP contribution >= 0.6 is 0 Å². The van der Waals surface area contributed by atoms with Gasteiger partial charge in [-0.05, 0) is 17.7 Å². The third-order valence-electron chi connectivity index (χ3n) is 2.78. The monoisotopic (exact) mass is 244 g/mol. The van der Waals surface area contributed by atoms with E-state index in [2.05, 4.69) is 10.3 Å². The van der Waals surface area contributed by atoms with Crippen molar-refractivity contribution in [3.05, 3.63) is 53.6 Å². The molecule has 0 aliphatic heterocycles. The summed E-state index contributed by atoms with van der Waals surface area (Å²) in [7, 11) is 1.89. The van der Waals surface area contributed by atoms with E-state index in [1.807, 2.05) is 29.9 Å². The van der Waals surface area contributed by atoms with Gasteiger partial charge in [0.15, 0.2) is 0 Å². The second-order valence-corrected chi connectivity index (χ2v) is 4.04. The molecule has 0 unspecified atom stereocenters. The molecule has 0 saturated carbocycles. The number of aryl methyl sites for hydroxylation is 1. The highest BCUT2D eigenvalue weighted by Crippen LogP contribution is 2.04. The molecule has 5 heteroatoms. The van der Waals surface area contributed by atoms with Crippen molar-refractivity contribution in [1.82, 2.24) is 14.9 Å². The number of nitrogens with one attached hydrogen (secondary N) is 1. The molecule has 0 spiro atoms. The Bertz CT molecular complexity index is 530. The van der Waals surface area contributed by atoms with Gasteiger partial charge in [0.25, 0.3) is 5.91 Å². The number of hydrogen-bond acceptors (Lipinski definition) is 3. The van der Waals surface area contributed by atoms with Gasteiger partial charge >= 0.3 is 0 Å². The molecular formula is C13H16N4O. The van der Waals surface area contributed by atoms with E-state index in [0.717, 1.165) is 11.4 Å². The summed E-state index contributed by atoms with van der Waals surface area (Å²) >= 11 is 0. The van der Waals surface area contributed by atoms with Gasteiger partial charge in [-0.3, -0.25) is 4.79 Å². The Morgan fingerprint density at radius 3 is 2.67 bits per heavy atom. The molecule has 0 bridgehead atoms. The maximum Gasteiger partial charge on any atom is 0.251 e. The molecule has 18 heavy (non-hydrogen) atoms. The quantitative estimate of drug-likeness (QED) is 0.836. The fraction of sp³-hybridized carbons (Fsp3) is 0.231. The van der Waals surface area contributed by atoms with Gasteiger partial charge in [0.2, 0.25) is 0 Å². The van der Waals surface area contributed by atoms with Crippen LogP contribution in [0.5, 0.6) is 0 Å². The molecule has 0 atom stereocenters. The van der Waals surface area contributed by atoms with E-state index >= 15 is 0 Å². The molecule has 1 heterocycles. The van der Waals surface area contributed by atoms with E-state index in [1.54, 1.807) is 18.3 Å². The van der Waals surface area contributed by atoms with Gasteiger partial charge in [-0.25, -0.2) is 4.98 Å². The lowest BCUT2D eigenvalue weighted by Gasteiger charge is -2.06. The third kappa shape index (κ3) is 2.75. The van der Waals surface area contributed by atoms with Crippen LogP contribution in [0.15, 0.2) is 36.7 Å². The number of benzene rings is 1. The predicted octanol–water partition coefficient (Wildman–Crippen LogP) is 0.809. The molecule has 1 aromatic heterocycles. The first-order valence-electron chi connectivity index (χ1n) is 5.74. The molecule has 0 radical (unpaired) electrons. The summed E-state index contributed by atoms with van der Waals surface area (Å²) in [5.74, 6) is 0.712. The van der Waals surface area contributed by atoms with Crippen LogP contribution in [0.25, 0.3) is 0 Å². The minimum atomic E-state index is -0.110. The summed E-state index contributed by atoms with van der Waals surface area (Å²) in [5.41, 5.74) is 7.14. The number of carbonyl (C=O) groups excluding carboxylic acids is 1. The number of amides is 1. The molecule has 0 aliphatic carbocycles. The summed E-state index contributed by atoms with van der Waals surface area (Å²) in [4.78, 5) is 16.0. The third-order valence-corrected chi connectivity index (χ3v) is 2.78. The molecule has 1 aromatic carbocycles. The van der Waals surface area contributed by atoms with Crippen LogP contribution in [0.2, 0.25) is 0 Å². The smallest absolute Gasteiger partial charge is 0.251 e. The molecule has 1 amide bonds. The van der Waals surface area contributed by atoms with Crippen molar-refractivity contribution in [2.75, 3.05) is 0 Å². The molecule has 2 rings (SSSR count). The number of aromatic nitrogens is 2. The second-order valence-electron chi connectivity index (χ2n) is 4.04. The van der Waals surface area contributed by atoms with Gasteiger partial charge in [-0.2, -0.15) is 0 Å².